The van der Waals surface area contributed by atoms with Crippen LogP contribution in [0.4, 0.5) is 8.78 Å². The van der Waals surface area contributed by atoms with E-state index in [4.69, 9.17) is 0 Å². The second kappa shape index (κ2) is 28.3. The molecule has 402 valence electrons. The molecule has 2 aliphatic rings. The lowest BCUT2D eigenvalue weighted by Gasteiger charge is -2.31. The van der Waals surface area contributed by atoms with Gasteiger partial charge in [0, 0.05) is 55.2 Å². The molecule has 0 amide bonds. The summed E-state index contributed by atoms with van der Waals surface area (Å²) in [6.07, 6.45) is 5.62. The van der Waals surface area contributed by atoms with Gasteiger partial charge in [-0.2, -0.15) is 0 Å². The number of nitrogens with zero attached hydrogens (tertiary/aromatic N) is 3. The normalized spacial score (nSPS) is 12.6. The number of hydrogen-bond donors (Lipinski definition) is 0. The van der Waals surface area contributed by atoms with E-state index < -0.39 is 0 Å². The van der Waals surface area contributed by atoms with Crippen LogP contribution in [0.2, 0.25) is 0 Å². The molecule has 0 saturated carbocycles. The van der Waals surface area contributed by atoms with E-state index in [2.05, 4.69) is 201 Å². The molecule has 0 spiro atoms. The third-order valence-electron chi connectivity index (χ3n) is 13.4. The van der Waals surface area contributed by atoms with Gasteiger partial charge in [-0.1, -0.05) is 127 Å². The van der Waals surface area contributed by atoms with Crippen molar-refractivity contribution in [2.45, 2.75) is 147 Å². The second-order valence-corrected chi connectivity index (χ2v) is 24.9. The van der Waals surface area contributed by atoms with Gasteiger partial charge >= 0.3 is 0 Å². The molecule has 3 aromatic heterocycles. The van der Waals surface area contributed by atoms with E-state index in [1.807, 2.05) is 84.2 Å². The molecular formula is C67H80BrF2N3S3. The van der Waals surface area contributed by atoms with Crippen molar-refractivity contribution in [3.8, 4) is 0 Å². The van der Waals surface area contributed by atoms with E-state index >= 15 is 0 Å². The summed E-state index contributed by atoms with van der Waals surface area (Å²) >= 11 is 8.75. The quantitative estimate of drug-likeness (QED) is 0.165. The van der Waals surface area contributed by atoms with Gasteiger partial charge in [0.15, 0.2) is 0 Å². The smallest absolute Gasteiger partial charge is 0.147 e. The summed E-state index contributed by atoms with van der Waals surface area (Å²) in [6.45, 7) is 42.6. The average molecular weight is 1140 g/mol. The summed E-state index contributed by atoms with van der Waals surface area (Å²) in [5.74, 6) is 1.97. The number of hydrogen-bond acceptors (Lipinski definition) is 6. The zero-order valence-electron chi connectivity index (χ0n) is 47.8. The van der Waals surface area contributed by atoms with Crippen LogP contribution in [0, 0.1) is 33.5 Å². The van der Waals surface area contributed by atoms with Crippen LogP contribution in [0.3, 0.4) is 0 Å². The molecule has 5 aromatic carbocycles. The molecule has 5 heterocycles. The van der Waals surface area contributed by atoms with Gasteiger partial charge in [0.05, 0.1) is 21.8 Å². The Bertz CT molecular complexity index is 3190. The lowest BCUT2D eigenvalue weighted by atomic mass is 9.97. The summed E-state index contributed by atoms with van der Waals surface area (Å²) in [7, 11) is 0. The largest absolute Gasteiger partial charge is 0.345 e. The third-order valence-corrected chi connectivity index (χ3v) is 16.5. The highest BCUT2D eigenvalue weighted by atomic mass is 79.9. The number of aromatic nitrogens is 1. The maximum absolute atomic E-state index is 13.7. The van der Waals surface area contributed by atoms with E-state index in [0.717, 1.165) is 28.2 Å². The minimum Gasteiger partial charge on any atom is -0.345 e. The van der Waals surface area contributed by atoms with E-state index in [1.54, 1.807) is 23.5 Å². The van der Waals surface area contributed by atoms with Crippen LogP contribution in [0.15, 0.2) is 143 Å². The molecule has 0 radical (unpaired) electrons. The van der Waals surface area contributed by atoms with Gasteiger partial charge in [0.25, 0.3) is 0 Å². The summed E-state index contributed by atoms with van der Waals surface area (Å²) < 4.78 is 30.4. The van der Waals surface area contributed by atoms with Gasteiger partial charge in [-0.05, 0) is 206 Å². The number of benzene rings is 5. The molecule has 0 fully saturated rings. The highest BCUT2D eigenvalue weighted by Gasteiger charge is 2.22. The Morgan fingerprint density at radius 1 is 0.513 bits per heavy atom. The van der Waals surface area contributed by atoms with E-state index in [1.165, 1.54) is 80.7 Å². The third kappa shape index (κ3) is 16.3. The molecule has 0 bridgehead atoms. The van der Waals surface area contributed by atoms with Crippen molar-refractivity contribution in [1.82, 2.24) is 14.8 Å². The van der Waals surface area contributed by atoms with E-state index in [0.29, 0.717) is 35.3 Å². The molecule has 0 aliphatic carbocycles. The number of halogens is 3. The number of rotatable bonds is 6. The molecule has 2 aliphatic heterocycles. The number of thiazole rings is 1. The van der Waals surface area contributed by atoms with Crippen LogP contribution in [-0.2, 0) is 0 Å². The van der Waals surface area contributed by atoms with Gasteiger partial charge in [-0.15, -0.1) is 34.0 Å². The van der Waals surface area contributed by atoms with Crippen molar-refractivity contribution in [2.75, 3.05) is 0 Å². The first kappa shape index (κ1) is 61.4. The first-order valence-corrected chi connectivity index (χ1v) is 29.8. The van der Waals surface area contributed by atoms with Crippen LogP contribution < -0.4 is 0 Å². The van der Waals surface area contributed by atoms with Crippen molar-refractivity contribution in [3.05, 3.63) is 215 Å². The maximum Gasteiger partial charge on any atom is 0.147 e. The second-order valence-electron chi connectivity index (χ2n) is 21.3. The molecule has 76 heavy (non-hydrogen) atoms. The zero-order valence-corrected chi connectivity index (χ0v) is 51.8. The van der Waals surface area contributed by atoms with Crippen molar-refractivity contribution in [1.29, 1.82) is 0 Å². The molecule has 3 nitrogen and oxygen atoms in total. The maximum atomic E-state index is 13.7. The van der Waals surface area contributed by atoms with Crippen LogP contribution >= 0.6 is 49.9 Å². The zero-order chi connectivity index (χ0) is 56.1. The van der Waals surface area contributed by atoms with Crippen molar-refractivity contribution < 1.29 is 8.78 Å². The minimum absolute atomic E-state index is 0.140. The van der Waals surface area contributed by atoms with Crippen molar-refractivity contribution in [3.63, 3.8) is 0 Å². The predicted molar refractivity (Wildman–Crippen MR) is 338 cm³/mol. The van der Waals surface area contributed by atoms with E-state index in [9.17, 15) is 8.78 Å². The highest BCUT2D eigenvalue weighted by molar-refractivity contribution is 9.10. The molecule has 8 aromatic rings. The first-order valence-electron chi connectivity index (χ1n) is 26.4. The summed E-state index contributed by atoms with van der Waals surface area (Å²) in [6, 6.07) is 33.1. The van der Waals surface area contributed by atoms with Crippen molar-refractivity contribution >= 4 is 93.4 Å². The van der Waals surface area contributed by atoms with Gasteiger partial charge in [-0.3, -0.25) is 0 Å². The molecular weight excluding hydrogens is 1060 g/mol. The summed E-state index contributed by atoms with van der Waals surface area (Å²) in [5, 5.41) is 7.09. The summed E-state index contributed by atoms with van der Waals surface area (Å²) in [4.78, 5) is 9.46. The predicted octanol–water partition coefficient (Wildman–Crippen LogP) is 22.3. The topological polar surface area (TPSA) is 19.4 Å². The van der Waals surface area contributed by atoms with Crippen LogP contribution in [0.1, 0.15) is 173 Å². The van der Waals surface area contributed by atoms with Gasteiger partial charge in [0.2, 0.25) is 0 Å². The number of fused-ring (bicyclic) bond motifs is 4. The Balaban J connectivity index is 0.000000169. The number of aryl methyl sites for hydroxylation is 4. The van der Waals surface area contributed by atoms with Crippen LogP contribution in [-0.4, -0.2) is 26.9 Å². The van der Waals surface area contributed by atoms with Crippen LogP contribution in [0.25, 0.3) is 43.5 Å². The lowest BCUT2D eigenvalue weighted by Crippen LogP contribution is -2.26. The Kier molecular flexibility index (Phi) is 22.8. The Labute approximate surface area is 475 Å². The van der Waals surface area contributed by atoms with Crippen LogP contribution in [0.5, 0.6) is 0 Å². The first-order chi connectivity index (χ1) is 35.9. The fourth-order valence-corrected chi connectivity index (χ4v) is 12.2. The lowest BCUT2D eigenvalue weighted by molar-refractivity contribution is 0.430. The van der Waals surface area contributed by atoms with Gasteiger partial charge in [-0.25, -0.2) is 13.8 Å². The average Bonchev–Trinajstić information content (AvgIpc) is 4.16. The van der Waals surface area contributed by atoms with Gasteiger partial charge < -0.3 is 9.80 Å². The highest BCUT2D eigenvalue weighted by Crippen LogP contribution is 2.36. The molecule has 10 rings (SSSR count). The monoisotopic (exact) mass is 1140 g/mol. The Morgan fingerprint density at radius 2 is 1.04 bits per heavy atom. The van der Waals surface area contributed by atoms with E-state index in [-0.39, 0.29) is 17.7 Å². The van der Waals surface area contributed by atoms with Crippen molar-refractivity contribution in [2.24, 2.45) is 0 Å². The minimum atomic E-state index is -0.188. The SMILES string of the molecule is C=C1c2ccccc2C(F)=CN1C(C)C.C=C1c2scnc2C=CN1C(C)C.Cc1cc(Br)ccc1C(C)C.Cc1cc2ccsc2cc1C(C)C.Cc1cc2sccc2cc1C(C)C.Cc1ccc(F)cc1C(C)C. The molecule has 0 N–H and O–H groups in total. The number of thiophene rings is 2. The molecule has 0 saturated heterocycles. The Hall–Kier alpha value is -5.45. The molecule has 9 heteroatoms. The molecule has 0 atom stereocenters. The fourth-order valence-electron chi connectivity index (χ4n) is 9.28. The summed E-state index contributed by atoms with van der Waals surface area (Å²) in [5.41, 5.74) is 17.2. The fraction of sp³-hybridized carbons (Fsp3) is 0.328. The Morgan fingerprint density at radius 3 is 1.61 bits per heavy atom. The molecule has 0 unspecified atom stereocenters. The standard InChI is InChI=1S/C13H14FN.2C12H14S.C10H13Br.C10H13F.C10H12N2S/c1-9(2)15-8-13(14)12-7-5-4-6-11(12)10(15)3;1-8(2)11-7-10-4-5-13-12(10)6-9(11)3;1-8(2)11-7-12-10(4-5-13-12)6-9(11)3;1-7(2)10-5-4-9(11)6-8(10)3;1-7(2)10-6-9(11)5-4-8(10)3;1-7(2)12-5-4-9-10(8(12)3)13-6-11-9/h4-9H,3H2,1-2H3;2*4-8H,1-3H3;2*4-7H,1-3H3;4-7H,3H2,1-2H3. The van der Waals surface area contributed by atoms with Gasteiger partial charge in [0.1, 0.15) is 11.6 Å².